The van der Waals surface area contributed by atoms with Crippen molar-refractivity contribution in [1.82, 2.24) is 5.32 Å². The Balaban J connectivity index is 1.84. The number of carbonyl (C=O) groups is 1. The predicted molar refractivity (Wildman–Crippen MR) is 71.8 cm³/mol. The molecule has 0 fully saturated rings. The quantitative estimate of drug-likeness (QED) is 0.843. The largest absolute Gasteiger partial charge is 0.454 e. The summed E-state index contributed by atoms with van der Waals surface area (Å²) in [6.45, 7) is 4.75. The summed E-state index contributed by atoms with van der Waals surface area (Å²) in [5, 5.41) is 2.86. The number of carbonyl (C=O) groups excluding carboxylic acids is 1. The van der Waals surface area contributed by atoms with Crippen molar-refractivity contribution in [3.05, 3.63) is 23.8 Å². The van der Waals surface area contributed by atoms with Gasteiger partial charge in [0.15, 0.2) is 11.5 Å². The fourth-order valence-corrected chi connectivity index (χ4v) is 1.77. The topological polar surface area (TPSA) is 73.6 Å². The van der Waals surface area contributed by atoms with Crippen molar-refractivity contribution < 1.29 is 14.3 Å². The third-order valence-corrected chi connectivity index (χ3v) is 3.20. The van der Waals surface area contributed by atoms with Crippen molar-refractivity contribution in [1.29, 1.82) is 0 Å². The minimum atomic E-state index is -0.100. The van der Waals surface area contributed by atoms with E-state index in [1.807, 2.05) is 32.0 Å². The summed E-state index contributed by atoms with van der Waals surface area (Å²) in [6.07, 6.45) is 0.349. The van der Waals surface area contributed by atoms with Crippen LogP contribution in [0.2, 0.25) is 0 Å². The molecule has 1 aromatic rings. The van der Waals surface area contributed by atoms with E-state index in [1.54, 1.807) is 0 Å². The van der Waals surface area contributed by atoms with Gasteiger partial charge in [-0.1, -0.05) is 19.9 Å². The molecule has 1 aromatic carbocycles. The van der Waals surface area contributed by atoms with E-state index in [2.05, 4.69) is 5.32 Å². The van der Waals surface area contributed by atoms with E-state index in [4.69, 9.17) is 15.2 Å². The molecule has 19 heavy (non-hydrogen) atoms. The Kier molecular flexibility index (Phi) is 4.27. The zero-order valence-corrected chi connectivity index (χ0v) is 11.3. The van der Waals surface area contributed by atoms with Crippen LogP contribution < -0.4 is 20.5 Å². The van der Waals surface area contributed by atoms with E-state index in [-0.39, 0.29) is 18.7 Å². The lowest BCUT2D eigenvalue weighted by Gasteiger charge is -2.15. The Bertz CT molecular complexity index is 460. The van der Waals surface area contributed by atoms with Gasteiger partial charge in [0.1, 0.15) is 0 Å². The standard InChI is InChI=1S/C14H20N2O3/c1-9(2)11(15)6-14(17)16-7-10-3-4-12-13(5-10)19-8-18-12/h3-5,9,11H,6-8,15H2,1-2H3,(H,16,17). The van der Waals surface area contributed by atoms with E-state index >= 15 is 0 Å². The van der Waals surface area contributed by atoms with Crippen LogP contribution in [0.5, 0.6) is 11.5 Å². The Labute approximate surface area is 113 Å². The Morgan fingerprint density at radius 2 is 2.11 bits per heavy atom. The number of amides is 1. The second kappa shape index (κ2) is 5.93. The lowest BCUT2D eigenvalue weighted by Crippen LogP contribution is -2.34. The molecular formula is C14H20N2O3. The van der Waals surface area contributed by atoms with Crippen LogP contribution in [0.3, 0.4) is 0 Å². The zero-order valence-electron chi connectivity index (χ0n) is 11.3. The van der Waals surface area contributed by atoms with Crippen LogP contribution >= 0.6 is 0 Å². The number of fused-ring (bicyclic) bond motifs is 1. The van der Waals surface area contributed by atoms with Gasteiger partial charge in [-0.15, -0.1) is 0 Å². The zero-order chi connectivity index (χ0) is 13.8. The minimum absolute atomic E-state index is 0.0288. The predicted octanol–water partition coefficient (Wildman–Crippen LogP) is 1.40. The van der Waals surface area contributed by atoms with Gasteiger partial charge in [-0.05, 0) is 23.6 Å². The molecule has 1 amide bonds. The van der Waals surface area contributed by atoms with Gasteiger partial charge >= 0.3 is 0 Å². The summed E-state index contributed by atoms with van der Waals surface area (Å²) >= 11 is 0. The number of hydrogen-bond acceptors (Lipinski definition) is 4. The van der Waals surface area contributed by atoms with Crippen molar-refractivity contribution in [2.45, 2.75) is 32.9 Å². The van der Waals surface area contributed by atoms with Crippen LogP contribution in [0.15, 0.2) is 18.2 Å². The van der Waals surface area contributed by atoms with Crippen molar-refractivity contribution in [2.75, 3.05) is 6.79 Å². The third kappa shape index (κ3) is 3.61. The van der Waals surface area contributed by atoms with Gasteiger partial charge in [0.2, 0.25) is 12.7 Å². The summed E-state index contributed by atoms with van der Waals surface area (Å²) in [4.78, 5) is 11.7. The van der Waals surface area contributed by atoms with Crippen LogP contribution in [0.4, 0.5) is 0 Å². The van der Waals surface area contributed by atoms with Crippen LogP contribution in [0, 0.1) is 5.92 Å². The molecule has 5 heteroatoms. The summed E-state index contributed by atoms with van der Waals surface area (Å²) in [6, 6.07) is 5.54. The normalized spacial score (nSPS) is 14.5. The van der Waals surface area contributed by atoms with Crippen molar-refractivity contribution >= 4 is 5.91 Å². The molecule has 0 saturated carbocycles. The molecule has 5 nitrogen and oxygen atoms in total. The van der Waals surface area contributed by atoms with Crippen molar-refractivity contribution in [3.8, 4) is 11.5 Å². The molecule has 0 aliphatic carbocycles. The molecule has 0 bridgehead atoms. The molecule has 0 saturated heterocycles. The van der Waals surface area contributed by atoms with Gasteiger partial charge in [-0.25, -0.2) is 0 Å². The van der Waals surface area contributed by atoms with Gasteiger partial charge in [0.25, 0.3) is 0 Å². The van der Waals surface area contributed by atoms with E-state index in [9.17, 15) is 4.79 Å². The number of nitrogens with two attached hydrogens (primary N) is 1. The number of nitrogens with one attached hydrogen (secondary N) is 1. The number of hydrogen-bond donors (Lipinski definition) is 2. The number of ether oxygens (including phenoxy) is 2. The maximum absolute atomic E-state index is 11.7. The highest BCUT2D eigenvalue weighted by Crippen LogP contribution is 2.32. The molecule has 1 aliphatic heterocycles. The van der Waals surface area contributed by atoms with Crippen LogP contribution in [-0.4, -0.2) is 18.7 Å². The summed E-state index contributed by atoms with van der Waals surface area (Å²) in [7, 11) is 0. The smallest absolute Gasteiger partial charge is 0.231 e. The van der Waals surface area contributed by atoms with E-state index in [0.29, 0.717) is 18.9 Å². The van der Waals surface area contributed by atoms with Crippen LogP contribution in [-0.2, 0) is 11.3 Å². The maximum Gasteiger partial charge on any atom is 0.231 e. The number of rotatable bonds is 5. The molecule has 3 N–H and O–H groups in total. The molecule has 2 rings (SSSR count). The molecule has 1 aliphatic rings. The van der Waals surface area contributed by atoms with Gasteiger partial charge < -0.3 is 20.5 Å². The van der Waals surface area contributed by atoms with Gasteiger partial charge in [-0.2, -0.15) is 0 Å². The first-order valence-electron chi connectivity index (χ1n) is 6.47. The number of benzene rings is 1. The van der Waals surface area contributed by atoms with Gasteiger partial charge in [0.05, 0.1) is 0 Å². The van der Waals surface area contributed by atoms with E-state index in [0.717, 1.165) is 17.1 Å². The molecule has 1 heterocycles. The van der Waals surface area contributed by atoms with Gasteiger partial charge in [0, 0.05) is 19.0 Å². The molecular weight excluding hydrogens is 244 g/mol. The Hall–Kier alpha value is -1.75. The fraction of sp³-hybridized carbons (Fsp3) is 0.500. The lowest BCUT2D eigenvalue weighted by atomic mass is 10.0. The molecule has 0 aromatic heterocycles. The Morgan fingerprint density at radius 1 is 1.37 bits per heavy atom. The minimum Gasteiger partial charge on any atom is -0.454 e. The van der Waals surface area contributed by atoms with Crippen LogP contribution in [0.25, 0.3) is 0 Å². The average Bonchev–Trinajstić information content (AvgIpc) is 2.83. The first-order chi connectivity index (χ1) is 9.06. The summed E-state index contributed by atoms with van der Waals surface area (Å²) in [5.41, 5.74) is 6.84. The first-order valence-corrected chi connectivity index (χ1v) is 6.47. The molecule has 104 valence electrons. The van der Waals surface area contributed by atoms with Crippen molar-refractivity contribution in [3.63, 3.8) is 0 Å². The van der Waals surface area contributed by atoms with Crippen LogP contribution in [0.1, 0.15) is 25.8 Å². The molecule has 1 atom stereocenters. The van der Waals surface area contributed by atoms with E-state index in [1.165, 1.54) is 0 Å². The van der Waals surface area contributed by atoms with Crippen molar-refractivity contribution in [2.24, 2.45) is 11.7 Å². The highest BCUT2D eigenvalue weighted by molar-refractivity contribution is 5.76. The van der Waals surface area contributed by atoms with Gasteiger partial charge in [-0.3, -0.25) is 4.79 Å². The van der Waals surface area contributed by atoms with E-state index < -0.39 is 0 Å². The summed E-state index contributed by atoms with van der Waals surface area (Å²) < 4.78 is 10.5. The molecule has 0 radical (unpaired) electrons. The monoisotopic (exact) mass is 264 g/mol. The molecule has 0 spiro atoms. The maximum atomic E-state index is 11.7. The second-order valence-corrected chi connectivity index (χ2v) is 5.08. The third-order valence-electron chi connectivity index (χ3n) is 3.20. The second-order valence-electron chi connectivity index (χ2n) is 5.08. The fourth-order valence-electron chi connectivity index (χ4n) is 1.77. The lowest BCUT2D eigenvalue weighted by molar-refractivity contribution is -0.121. The average molecular weight is 264 g/mol. The first kappa shape index (κ1) is 13.7. The highest BCUT2D eigenvalue weighted by atomic mass is 16.7. The molecule has 1 unspecified atom stereocenters. The summed E-state index contributed by atoms with van der Waals surface area (Å²) in [5.74, 6) is 1.75. The Morgan fingerprint density at radius 3 is 2.84 bits per heavy atom. The SMILES string of the molecule is CC(C)C(N)CC(=O)NCc1ccc2c(c1)OCO2. The highest BCUT2D eigenvalue weighted by Gasteiger charge is 2.15.